The molecule has 1 aromatic heterocycles. The van der Waals surface area contributed by atoms with E-state index in [2.05, 4.69) is 36.8 Å². The van der Waals surface area contributed by atoms with Gasteiger partial charge in [-0.15, -0.1) is 0 Å². The van der Waals surface area contributed by atoms with E-state index in [-0.39, 0.29) is 47.9 Å². The second-order valence-electron chi connectivity index (χ2n) is 11.4. The number of amides is 1. The average molecular weight is 743 g/mol. The van der Waals surface area contributed by atoms with E-state index >= 15 is 4.39 Å². The average Bonchev–Trinajstić information content (AvgIpc) is 3.13. The van der Waals surface area contributed by atoms with Crippen LogP contribution in [0.3, 0.4) is 0 Å². The molecule has 1 atom stereocenters. The van der Waals surface area contributed by atoms with Gasteiger partial charge in [-0.05, 0) is 62.7 Å². The molecule has 2 aromatic carbocycles. The maximum Gasteiger partial charge on any atom is 0.511 e. The predicted molar refractivity (Wildman–Crippen MR) is 190 cm³/mol. The van der Waals surface area contributed by atoms with Gasteiger partial charge in [0.1, 0.15) is 49.0 Å². The number of ether oxygens (including phenoxy) is 6. The lowest BCUT2D eigenvalue weighted by atomic mass is 10.0. The monoisotopic (exact) mass is 742 g/mol. The minimum atomic E-state index is -1.46. The van der Waals surface area contributed by atoms with Crippen molar-refractivity contribution >= 4 is 41.6 Å². The van der Waals surface area contributed by atoms with Gasteiger partial charge in [-0.2, -0.15) is 15.0 Å². The molecule has 0 aliphatic heterocycles. The van der Waals surface area contributed by atoms with Crippen LogP contribution in [0.2, 0.25) is 0 Å². The van der Waals surface area contributed by atoms with Crippen molar-refractivity contribution in [3.05, 3.63) is 84.0 Å². The number of benzene rings is 2. The number of rotatable bonds is 16. The highest BCUT2D eigenvalue weighted by atomic mass is 19.1. The fourth-order valence-electron chi connectivity index (χ4n) is 3.89. The van der Waals surface area contributed by atoms with E-state index in [1.807, 2.05) is 0 Å². The topological polar surface area (TPSA) is 237 Å². The first-order valence-electron chi connectivity index (χ1n) is 15.6. The molecule has 0 unspecified atom stereocenters. The van der Waals surface area contributed by atoms with Crippen LogP contribution in [0.1, 0.15) is 37.9 Å². The second-order valence-corrected chi connectivity index (χ2v) is 11.4. The molecule has 0 spiro atoms. The summed E-state index contributed by atoms with van der Waals surface area (Å²) in [4.78, 5) is 44.2. The number of amidine groups is 3. The normalized spacial score (nSPS) is 12.7. The van der Waals surface area contributed by atoms with Crippen molar-refractivity contribution in [2.24, 2.45) is 26.4 Å². The maximum absolute atomic E-state index is 16.1. The Labute approximate surface area is 303 Å². The molecule has 3 aromatic rings. The third kappa shape index (κ3) is 13.4. The molecule has 19 heteroatoms. The lowest BCUT2D eigenvalue weighted by molar-refractivity contribution is -0.0528. The summed E-state index contributed by atoms with van der Waals surface area (Å²) in [6.07, 6.45) is 0.626. The predicted octanol–water partition coefficient (Wildman–Crippen LogP) is 4.49. The first kappa shape index (κ1) is 41.1. The molecule has 0 radical (unpaired) electrons. The SMILES string of the molecule is C=C(C)COC(=O)N=C(N)c1ccc(N[C@@H](C(N)=NC(=Nc2ncccn2)OCOC(=O)OC(C)(C)CF)c2cc(OC)cc(OCCO)c2F)cc1. The van der Waals surface area contributed by atoms with Crippen molar-refractivity contribution < 1.29 is 51.9 Å². The van der Waals surface area contributed by atoms with Gasteiger partial charge in [-0.1, -0.05) is 6.58 Å². The van der Waals surface area contributed by atoms with Gasteiger partial charge < -0.3 is 50.3 Å². The Balaban J connectivity index is 2.04. The summed E-state index contributed by atoms with van der Waals surface area (Å²) < 4.78 is 60.2. The van der Waals surface area contributed by atoms with Crippen LogP contribution in [0.15, 0.2) is 82.0 Å². The molecule has 1 heterocycles. The van der Waals surface area contributed by atoms with Gasteiger partial charge in [-0.3, -0.25) is 0 Å². The van der Waals surface area contributed by atoms with Crippen molar-refractivity contribution in [3.63, 3.8) is 0 Å². The van der Waals surface area contributed by atoms with Crippen molar-refractivity contribution in [3.8, 4) is 11.5 Å². The van der Waals surface area contributed by atoms with E-state index in [9.17, 15) is 19.1 Å². The van der Waals surface area contributed by atoms with Crippen molar-refractivity contribution in [1.29, 1.82) is 0 Å². The molecule has 0 saturated heterocycles. The quantitative estimate of drug-likeness (QED) is 0.0521. The number of aliphatic imine (C=N–C) groups is 3. The zero-order valence-electron chi connectivity index (χ0n) is 29.4. The number of aliphatic hydroxyl groups is 1. The summed E-state index contributed by atoms with van der Waals surface area (Å²) >= 11 is 0. The Hall–Kier alpha value is -6.37. The smallest absolute Gasteiger partial charge is 0.497 e. The first-order valence-corrected chi connectivity index (χ1v) is 15.6. The molecule has 284 valence electrons. The Morgan fingerprint density at radius 1 is 1.08 bits per heavy atom. The maximum atomic E-state index is 16.1. The van der Waals surface area contributed by atoms with Crippen LogP contribution in [0.25, 0.3) is 0 Å². The standard InChI is InChI=1S/C34H40F2N8O9/c1-20(2)17-50-32(46)43-28(37)21-7-9-22(10-8-21)41-27(24-15-23(48-5)16-25(26(24)36)49-14-13-45)29(38)42-31(44-30-39-11-6-12-40-30)51-19-52-33(47)53-34(3,4)18-35/h6-12,15-16,27,41,45H,1,13-14,17-19H2,2-5H3,(H2,37,43,46)(H2,38,39,40,42,44)/t27-/m1/s1. The van der Waals surface area contributed by atoms with Gasteiger partial charge in [0.2, 0.25) is 6.79 Å². The lowest BCUT2D eigenvalue weighted by Crippen LogP contribution is -2.32. The van der Waals surface area contributed by atoms with E-state index in [0.717, 1.165) is 0 Å². The fourth-order valence-corrected chi connectivity index (χ4v) is 3.89. The van der Waals surface area contributed by atoms with Gasteiger partial charge in [0.05, 0.1) is 13.7 Å². The molecule has 0 aliphatic carbocycles. The molecule has 0 bridgehead atoms. The highest BCUT2D eigenvalue weighted by Crippen LogP contribution is 2.33. The number of nitrogens with zero attached hydrogens (tertiary/aromatic N) is 5. The van der Waals surface area contributed by atoms with Gasteiger partial charge in [0.15, 0.2) is 11.6 Å². The Kier molecular flexibility index (Phi) is 15.4. The Morgan fingerprint density at radius 2 is 1.77 bits per heavy atom. The van der Waals surface area contributed by atoms with E-state index in [4.69, 9.17) is 39.9 Å². The van der Waals surface area contributed by atoms with Crippen LogP contribution in [0.4, 0.5) is 30.0 Å². The van der Waals surface area contributed by atoms with Crippen molar-refractivity contribution in [2.45, 2.75) is 32.4 Å². The van der Waals surface area contributed by atoms with Crippen molar-refractivity contribution in [2.75, 3.05) is 45.7 Å². The summed E-state index contributed by atoms with van der Waals surface area (Å²) in [5, 5.41) is 12.4. The number of aliphatic hydroxyl groups excluding tert-OH is 1. The summed E-state index contributed by atoms with van der Waals surface area (Å²) in [5.41, 5.74) is 12.2. The number of methoxy groups -OCH3 is 1. The van der Waals surface area contributed by atoms with Gasteiger partial charge in [-0.25, -0.2) is 28.3 Å². The zero-order valence-corrected chi connectivity index (χ0v) is 29.4. The summed E-state index contributed by atoms with van der Waals surface area (Å²) in [5.74, 6) is -1.61. The molecule has 3 rings (SSSR count). The Bertz CT molecular complexity index is 1810. The molecule has 0 fully saturated rings. The molecule has 1 amide bonds. The molecular formula is C34H40F2N8O9. The number of aromatic nitrogens is 2. The third-order valence-corrected chi connectivity index (χ3v) is 6.40. The largest absolute Gasteiger partial charge is 0.511 e. The number of hydrogen-bond acceptors (Lipinski definition) is 13. The highest BCUT2D eigenvalue weighted by molar-refractivity contribution is 6.03. The number of alkyl halides is 1. The van der Waals surface area contributed by atoms with Crippen LogP contribution < -0.4 is 26.3 Å². The van der Waals surface area contributed by atoms with Crippen LogP contribution in [0, 0.1) is 5.82 Å². The van der Waals surface area contributed by atoms with E-state index in [0.29, 0.717) is 16.8 Å². The number of carbonyl (C=O) groups is 2. The Morgan fingerprint density at radius 3 is 2.40 bits per heavy atom. The van der Waals surface area contributed by atoms with E-state index in [1.165, 1.54) is 63.7 Å². The fraction of sp³-hybridized carbons (Fsp3) is 0.324. The third-order valence-electron chi connectivity index (χ3n) is 6.40. The van der Waals surface area contributed by atoms with Gasteiger partial charge >= 0.3 is 18.3 Å². The summed E-state index contributed by atoms with van der Waals surface area (Å²) in [6.45, 7) is 5.55. The first-order chi connectivity index (χ1) is 25.2. The number of anilines is 1. The van der Waals surface area contributed by atoms with Crippen LogP contribution in [0.5, 0.6) is 11.5 Å². The molecule has 0 saturated carbocycles. The zero-order chi connectivity index (χ0) is 39.0. The highest BCUT2D eigenvalue weighted by Gasteiger charge is 2.26. The molecule has 17 nitrogen and oxygen atoms in total. The minimum Gasteiger partial charge on any atom is -0.497 e. The van der Waals surface area contributed by atoms with E-state index < -0.39 is 55.8 Å². The van der Waals surface area contributed by atoms with Gasteiger partial charge in [0, 0.05) is 35.3 Å². The van der Waals surface area contributed by atoms with E-state index in [1.54, 1.807) is 19.1 Å². The number of carbonyl (C=O) groups excluding carboxylic acids is 2. The second kappa shape index (κ2) is 19.9. The summed E-state index contributed by atoms with van der Waals surface area (Å²) in [7, 11) is 1.35. The van der Waals surface area contributed by atoms with Crippen molar-refractivity contribution in [1.82, 2.24) is 9.97 Å². The number of halogens is 2. The van der Waals surface area contributed by atoms with Crippen LogP contribution in [-0.2, 0) is 18.9 Å². The number of nitrogens with two attached hydrogens (primary N) is 2. The molecule has 53 heavy (non-hydrogen) atoms. The van der Waals surface area contributed by atoms with Crippen LogP contribution in [-0.4, -0.2) is 91.0 Å². The van der Waals surface area contributed by atoms with Crippen LogP contribution >= 0.6 is 0 Å². The summed E-state index contributed by atoms with van der Waals surface area (Å²) in [6, 6.07) is 8.43. The minimum absolute atomic E-state index is 0.0232. The molecule has 6 N–H and O–H groups in total. The molecule has 0 aliphatic rings. The lowest BCUT2D eigenvalue weighted by Gasteiger charge is -2.23. The molecular weight excluding hydrogens is 702 g/mol. The van der Waals surface area contributed by atoms with Gasteiger partial charge in [0.25, 0.3) is 5.95 Å². The number of hydrogen-bond donors (Lipinski definition) is 4. The number of nitrogens with one attached hydrogen (secondary N) is 1.